The zero-order chi connectivity index (χ0) is 37.2. The molecule has 0 bridgehead atoms. The van der Waals surface area contributed by atoms with Gasteiger partial charge < -0.3 is 64.6 Å². The number of unbranched alkanes of at least 4 members (excludes halogenated alkanes) is 2. The lowest BCUT2D eigenvalue weighted by Crippen LogP contribution is -2.34. The quantitative estimate of drug-likeness (QED) is 0.0428. The average Bonchev–Trinajstić information content (AvgIpc) is 3.12. The molecule has 50 heavy (non-hydrogen) atoms. The van der Waals surface area contributed by atoms with E-state index in [0.29, 0.717) is 0 Å². The molecule has 0 saturated heterocycles. The van der Waals surface area contributed by atoms with Crippen LogP contribution in [0.1, 0.15) is 104 Å². The molecule has 0 spiro atoms. The molecule has 0 aliphatic carbocycles. The van der Waals surface area contributed by atoms with Crippen LogP contribution >= 0.6 is 0 Å². The summed E-state index contributed by atoms with van der Waals surface area (Å²) in [7, 11) is 0. The normalized spacial score (nSPS) is 11.8. The van der Waals surface area contributed by atoms with Crippen LogP contribution in [0.5, 0.6) is 0 Å². The van der Waals surface area contributed by atoms with Crippen molar-refractivity contribution < 1.29 is 0 Å². The van der Waals surface area contributed by atoms with Crippen molar-refractivity contribution in [3.05, 3.63) is 0 Å². The highest BCUT2D eigenvalue weighted by molar-refractivity contribution is 4.67. The van der Waals surface area contributed by atoms with Gasteiger partial charge in [0.05, 0.1) is 0 Å². The molecular formula is C38H92N12. The van der Waals surface area contributed by atoms with E-state index in [1.165, 1.54) is 90.6 Å². The summed E-state index contributed by atoms with van der Waals surface area (Å²) in [6, 6.07) is 0. The highest BCUT2D eigenvalue weighted by atomic mass is 15.2. The summed E-state index contributed by atoms with van der Waals surface area (Å²) in [5.41, 5.74) is 33.8. The van der Waals surface area contributed by atoms with Crippen LogP contribution in [0, 0.1) is 0 Å². The van der Waals surface area contributed by atoms with Gasteiger partial charge in [0, 0.05) is 0 Å². The summed E-state index contributed by atoms with van der Waals surface area (Å²) in [5.74, 6) is 0. The Bertz CT molecular complexity index is 584. The van der Waals surface area contributed by atoms with E-state index in [9.17, 15) is 0 Å². The summed E-state index contributed by atoms with van der Waals surface area (Å²) in [6.45, 7) is 27.6. The van der Waals surface area contributed by atoms with Crippen LogP contribution in [0.25, 0.3) is 0 Å². The maximum Gasteiger partial charge on any atom is -0.000653 e. The molecule has 12 heteroatoms. The van der Waals surface area contributed by atoms with Gasteiger partial charge in [-0.2, -0.15) is 0 Å². The van der Waals surface area contributed by atoms with Crippen LogP contribution in [-0.2, 0) is 0 Å². The van der Waals surface area contributed by atoms with Crippen LogP contribution in [0.2, 0.25) is 0 Å². The first-order chi connectivity index (χ1) is 24.6. The van der Waals surface area contributed by atoms with Gasteiger partial charge in [-0.1, -0.05) is 13.8 Å². The molecule has 0 aliphatic heterocycles. The van der Waals surface area contributed by atoms with Gasteiger partial charge in [-0.3, -0.25) is 0 Å². The lowest BCUT2D eigenvalue weighted by atomic mass is 10.2. The minimum atomic E-state index is 0.766. The lowest BCUT2D eigenvalue weighted by Gasteiger charge is -2.27. The summed E-state index contributed by atoms with van der Waals surface area (Å²) in [5, 5.41) is 6.72. The van der Waals surface area contributed by atoms with Crippen molar-refractivity contribution in [1.82, 2.24) is 30.2 Å². The topological polar surface area (TPSA) is 193 Å². The highest BCUT2D eigenvalue weighted by Gasteiger charge is 2.10. The fourth-order valence-electron chi connectivity index (χ4n) is 6.14. The molecule has 0 heterocycles. The van der Waals surface area contributed by atoms with Gasteiger partial charge in [-0.25, -0.2) is 0 Å². The van der Waals surface area contributed by atoms with Crippen molar-refractivity contribution in [2.24, 2.45) is 34.4 Å². The fourth-order valence-corrected chi connectivity index (χ4v) is 6.14. The minimum Gasteiger partial charge on any atom is -0.330 e. The first-order valence-corrected chi connectivity index (χ1v) is 21.1. The predicted molar refractivity (Wildman–Crippen MR) is 222 cm³/mol. The van der Waals surface area contributed by atoms with Crippen molar-refractivity contribution in [1.29, 1.82) is 0 Å². The molecule has 0 saturated carbocycles. The van der Waals surface area contributed by atoms with Gasteiger partial charge in [0.1, 0.15) is 0 Å². The number of hydrogen-bond acceptors (Lipinski definition) is 12. The maximum absolute atomic E-state index is 5.83. The van der Waals surface area contributed by atoms with E-state index in [-0.39, 0.29) is 0 Å². The molecule has 0 atom stereocenters. The van der Waals surface area contributed by atoms with Gasteiger partial charge in [-0.15, -0.1) is 0 Å². The van der Waals surface area contributed by atoms with Crippen LogP contribution < -0.4 is 45.0 Å². The van der Waals surface area contributed by atoms with Crippen molar-refractivity contribution in [2.45, 2.75) is 104 Å². The van der Waals surface area contributed by atoms with E-state index in [2.05, 4.69) is 44.1 Å². The molecule has 304 valence electrons. The van der Waals surface area contributed by atoms with Gasteiger partial charge in [0.2, 0.25) is 0 Å². The van der Waals surface area contributed by atoms with E-state index >= 15 is 0 Å². The Kier molecular flexibility index (Phi) is 46.1. The summed E-state index contributed by atoms with van der Waals surface area (Å²) in [6.07, 6.45) is 16.4. The molecule has 0 radical (unpaired) electrons. The van der Waals surface area contributed by atoms with Crippen LogP contribution in [0.4, 0.5) is 0 Å². The van der Waals surface area contributed by atoms with E-state index in [0.717, 1.165) is 143 Å². The third-order valence-electron chi connectivity index (χ3n) is 8.96. The second-order valence-corrected chi connectivity index (χ2v) is 13.8. The summed E-state index contributed by atoms with van der Waals surface area (Å²) in [4.78, 5) is 10.5. The molecule has 0 fully saturated rings. The standard InChI is InChI=1S/C28H66N8.C10H26N4/c1-3-17-33(25-11-26-34(18-4-2)21-7-13-29)19-5-6-20-35(22-8-14-30)27-12-28-36(23-9-15-31)24-10-16-32;11-5-3-9-13-7-1-2-8-14-10-4-6-12/h3-32H2,1-2H3;13-14H,1-12H2. The van der Waals surface area contributed by atoms with Gasteiger partial charge in [0.25, 0.3) is 0 Å². The predicted octanol–water partition coefficient (Wildman–Crippen LogP) is 1.61. The third-order valence-corrected chi connectivity index (χ3v) is 8.96. The molecule has 12 nitrogen and oxygen atoms in total. The molecule has 0 amide bonds. The molecular weight excluding hydrogens is 625 g/mol. The Hall–Kier alpha value is -0.480. The number of nitrogens with zero attached hydrogens (tertiary/aromatic N) is 4. The first-order valence-electron chi connectivity index (χ1n) is 21.1. The maximum atomic E-state index is 5.83. The summed E-state index contributed by atoms with van der Waals surface area (Å²) < 4.78 is 0. The Balaban J connectivity index is 0. The monoisotopic (exact) mass is 717 g/mol. The minimum absolute atomic E-state index is 0.766. The molecule has 0 unspecified atom stereocenters. The van der Waals surface area contributed by atoms with Gasteiger partial charge in [-0.05, 0) is 234 Å². The van der Waals surface area contributed by atoms with E-state index in [1.54, 1.807) is 0 Å². The lowest BCUT2D eigenvalue weighted by molar-refractivity contribution is 0.207. The SMILES string of the molecule is CCCN(CCCN)CCCN(CCC)CCCCN(CCCN)CCCN(CCCN)CCCN.NCCCNCCCCNCCCN. The van der Waals surface area contributed by atoms with E-state index in [4.69, 9.17) is 34.4 Å². The van der Waals surface area contributed by atoms with Crippen molar-refractivity contribution in [2.75, 3.05) is 144 Å². The molecule has 0 aliphatic rings. The van der Waals surface area contributed by atoms with Crippen LogP contribution in [0.3, 0.4) is 0 Å². The number of hydrogen-bond donors (Lipinski definition) is 8. The second-order valence-electron chi connectivity index (χ2n) is 13.8. The van der Waals surface area contributed by atoms with Crippen molar-refractivity contribution in [3.8, 4) is 0 Å². The zero-order valence-corrected chi connectivity index (χ0v) is 33.7. The van der Waals surface area contributed by atoms with Gasteiger partial charge >= 0.3 is 0 Å². The van der Waals surface area contributed by atoms with Gasteiger partial charge in [0.15, 0.2) is 0 Å². The van der Waals surface area contributed by atoms with E-state index < -0.39 is 0 Å². The molecule has 14 N–H and O–H groups in total. The molecule has 0 rings (SSSR count). The summed E-state index contributed by atoms with van der Waals surface area (Å²) >= 11 is 0. The highest BCUT2D eigenvalue weighted by Crippen LogP contribution is 2.05. The Morgan fingerprint density at radius 1 is 0.280 bits per heavy atom. The van der Waals surface area contributed by atoms with Crippen molar-refractivity contribution in [3.63, 3.8) is 0 Å². The Morgan fingerprint density at radius 2 is 0.520 bits per heavy atom. The zero-order valence-electron chi connectivity index (χ0n) is 33.7. The number of nitrogens with two attached hydrogens (primary N) is 6. The Labute approximate surface area is 311 Å². The molecule has 0 aromatic carbocycles. The van der Waals surface area contributed by atoms with E-state index in [1.807, 2.05) is 0 Å². The Morgan fingerprint density at radius 3 is 0.800 bits per heavy atom. The number of nitrogens with one attached hydrogen (secondary N) is 2. The van der Waals surface area contributed by atoms with Crippen LogP contribution in [-0.4, -0.2) is 164 Å². The largest absolute Gasteiger partial charge is 0.330 e. The van der Waals surface area contributed by atoms with Crippen molar-refractivity contribution >= 4 is 0 Å². The molecule has 0 aromatic rings. The average molecular weight is 717 g/mol. The smallest absolute Gasteiger partial charge is 0.000653 e. The van der Waals surface area contributed by atoms with Crippen LogP contribution in [0.15, 0.2) is 0 Å². The molecule has 0 aromatic heterocycles. The number of rotatable bonds is 40. The fraction of sp³-hybridized carbons (Fsp3) is 1.00. The first kappa shape index (κ1) is 51.6. The third kappa shape index (κ3) is 38.7. The second kappa shape index (κ2) is 44.7.